The molecule has 0 saturated carbocycles. The SMILES string of the molecule is Cc1cc(Br)c(O)c(C(=O)N2CCN(c3ccccn3)CC2)c1. The molecule has 5 nitrogen and oxygen atoms in total. The molecule has 0 unspecified atom stereocenters. The Bertz CT molecular complexity index is 713. The largest absolute Gasteiger partial charge is 0.506 e. The van der Waals surface area contributed by atoms with Gasteiger partial charge in [-0.15, -0.1) is 0 Å². The topological polar surface area (TPSA) is 56.7 Å². The molecule has 0 atom stereocenters. The van der Waals surface area contributed by atoms with E-state index in [2.05, 4.69) is 25.8 Å². The second kappa shape index (κ2) is 6.58. The number of aromatic nitrogens is 1. The molecule has 3 rings (SSSR count). The first-order valence-corrected chi connectivity index (χ1v) is 8.30. The molecular weight excluding hydrogens is 358 g/mol. The quantitative estimate of drug-likeness (QED) is 0.876. The van der Waals surface area contributed by atoms with Gasteiger partial charge in [-0.1, -0.05) is 6.07 Å². The van der Waals surface area contributed by atoms with Crippen LogP contribution in [0.3, 0.4) is 0 Å². The number of nitrogens with zero attached hydrogens (tertiary/aromatic N) is 3. The number of phenolic OH excluding ortho intramolecular Hbond substituents is 1. The van der Waals surface area contributed by atoms with Crippen LogP contribution in [0.5, 0.6) is 5.75 Å². The highest BCUT2D eigenvalue weighted by Gasteiger charge is 2.25. The number of anilines is 1. The Morgan fingerprint density at radius 1 is 1.22 bits per heavy atom. The molecule has 120 valence electrons. The van der Waals surface area contributed by atoms with Crippen LogP contribution in [0.1, 0.15) is 15.9 Å². The Morgan fingerprint density at radius 2 is 1.96 bits per heavy atom. The fourth-order valence-corrected chi connectivity index (χ4v) is 3.32. The van der Waals surface area contributed by atoms with Gasteiger partial charge in [0, 0.05) is 32.4 Å². The molecule has 1 amide bonds. The van der Waals surface area contributed by atoms with Gasteiger partial charge >= 0.3 is 0 Å². The molecule has 2 heterocycles. The molecule has 1 aromatic heterocycles. The smallest absolute Gasteiger partial charge is 0.257 e. The van der Waals surface area contributed by atoms with E-state index in [4.69, 9.17) is 0 Å². The summed E-state index contributed by atoms with van der Waals surface area (Å²) in [5.74, 6) is 0.807. The fraction of sp³-hybridized carbons (Fsp3) is 0.294. The molecule has 6 heteroatoms. The van der Waals surface area contributed by atoms with E-state index in [0.29, 0.717) is 23.1 Å². The van der Waals surface area contributed by atoms with Crippen LogP contribution in [0.4, 0.5) is 5.82 Å². The standard InChI is InChI=1S/C17H18BrN3O2/c1-12-10-13(16(22)14(18)11-12)17(23)21-8-6-20(7-9-21)15-4-2-3-5-19-15/h2-5,10-11,22H,6-9H2,1H3. The first-order chi connectivity index (χ1) is 11.1. The molecule has 23 heavy (non-hydrogen) atoms. The normalized spacial score (nSPS) is 14.9. The second-order valence-electron chi connectivity index (χ2n) is 5.61. The average Bonchev–Trinajstić information content (AvgIpc) is 2.58. The van der Waals surface area contributed by atoms with Crippen LogP contribution in [-0.4, -0.2) is 47.1 Å². The van der Waals surface area contributed by atoms with Crippen molar-refractivity contribution in [2.45, 2.75) is 6.92 Å². The number of amides is 1. The predicted molar refractivity (Wildman–Crippen MR) is 92.9 cm³/mol. The molecule has 1 saturated heterocycles. The molecule has 1 aliphatic heterocycles. The Morgan fingerprint density at radius 3 is 2.61 bits per heavy atom. The van der Waals surface area contributed by atoms with E-state index in [1.807, 2.05) is 25.1 Å². The van der Waals surface area contributed by atoms with Crippen molar-refractivity contribution in [3.63, 3.8) is 0 Å². The Balaban J connectivity index is 1.72. The van der Waals surface area contributed by atoms with Crippen molar-refractivity contribution in [1.82, 2.24) is 9.88 Å². The van der Waals surface area contributed by atoms with Gasteiger partial charge in [-0.2, -0.15) is 0 Å². The Kier molecular flexibility index (Phi) is 4.52. The van der Waals surface area contributed by atoms with Crippen LogP contribution in [-0.2, 0) is 0 Å². The van der Waals surface area contributed by atoms with Crippen molar-refractivity contribution in [2.75, 3.05) is 31.1 Å². The first-order valence-electron chi connectivity index (χ1n) is 7.50. The summed E-state index contributed by atoms with van der Waals surface area (Å²) >= 11 is 3.29. The fourth-order valence-electron chi connectivity index (χ4n) is 2.75. The van der Waals surface area contributed by atoms with Gasteiger partial charge < -0.3 is 14.9 Å². The van der Waals surface area contributed by atoms with E-state index >= 15 is 0 Å². The maximum atomic E-state index is 12.7. The van der Waals surface area contributed by atoms with E-state index in [0.717, 1.165) is 24.5 Å². The highest BCUT2D eigenvalue weighted by atomic mass is 79.9. The molecule has 1 aliphatic rings. The van der Waals surface area contributed by atoms with Crippen LogP contribution in [0, 0.1) is 6.92 Å². The predicted octanol–water partition coefficient (Wildman–Crippen LogP) is 2.82. The van der Waals surface area contributed by atoms with Crippen molar-refractivity contribution in [2.24, 2.45) is 0 Å². The number of pyridine rings is 1. The van der Waals surface area contributed by atoms with Gasteiger partial charge in [-0.25, -0.2) is 4.98 Å². The van der Waals surface area contributed by atoms with Crippen molar-refractivity contribution in [1.29, 1.82) is 0 Å². The third-order valence-corrected chi connectivity index (χ3v) is 4.58. The maximum absolute atomic E-state index is 12.7. The molecule has 0 radical (unpaired) electrons. The van der Waals surface area contributed by atoms with Crippen molar-refractivity contribution >= 4 is 27.7 Å². The lowest BCUT2D eigenvalue weighted by Crippen LogP contribution is -2.49. The number of hydrogen-bond donors (Lipinski definition) is 1. The number of phenols is 1. The van der Waals surface area contributed by atoms with Crippen molar-refractivity contribution < 1.29 is 9.90 Å². The highest BCUT2D eigenvalue weighted by molar-refractivity contribution is 9.10. The van der Waals surface area contributed by atoms with Crippen LogP contribution in [0.15, 0.2) is 41.0 Å². The lowest BCUT2D eigenvalue weighted by molar-refractivity contribution is 0.0743. The van der Waals surface area contributed by atoms with E-state index in [-0.39, 0.29) is 11.7 Å². The molecule has 1 fully saturated rings. The number of benzene rings is 1. The lowest BCUT2D eigenvalue weighted by atomic mass is 10.1. The lowest BCUT2D eigenvalue weighted by Gasteiger charge is -2.35. The number of carbonyl (C=O) groups excluding carboxylic acids is 1. The zero-order valence-corrected chi connectivity index (χ0v) is 14.5. The molecule has 2 aromatic rings. The summed E-state index contributed by atoms with van der Waals surface area (Å²) in [5, 5.41) is 10.1. The zero-order valence-electron chi connectivity index (χ0n) is 12.9. The van der Waals surface area contributed by atoms with Crippen LogP contribution < -0.4 is 4.90 Å². The summed E-state index contributed by atoms with van der Waals surface area (Å²) in [6.45, 7) is 4.59. The minimum absolute atomic E-state index is 0.00718. The van der Waals surface area contributed by atoms with Crippen molar-refractivity contribution in [3.8, 4) is 5.75 Å². The van der Waals surface area contributed by atoms with Gasteiger partial charge in [0.05, 0.1) is 10.0 Å². The van der Waals surface area contributed by atoms with E-state index in [1.54, 1.807) is 23.2 Å². The minimum Gasteiger partial charge on any atom is -0.506 e. The molecule has 0 spiro atoms. The highest BCUT2D eigenvalue weighted by Crippen LogP contribution is 2.30. The second-order valence-corrected chi connectivity index (χ2v) is 6.46. The summed E-state index contributed by atoms with van der Waals surface area (Å²) in [6, 6.07) is 9.35. The van der Waals surface area contributed by atoms with Gasteiger partial charge in [0.1, 0.15) is 11.6 Å². The van der Waals surface area contributed by atoms with E-state index in [9.17, 15) is 9.90 Å². The summed E-state index contributed by atoms with van der Waals surface area (Å²) in [4.78, 5) is 21.0. The molecule has 0 bridgehead atoms. The summed E-state index contributed by atoms with van der Waals surface area (Å²) in [5.41, 5.74) is 1.29. The summed E-state index contributed by atoms with van der Waals surface area (Å²) in [7, 11) is 0. The van der Waals surface area contributed by atoms with Crippen LogP contribution in [0.2, 0.25) is 0 Å². The zero-order chi connectivity index (χ0) is 16.4. The first kappa shape index (κ1) is 15.8. The van der Waals surface area contributed by atoms with Gasteiger partial charge in [0.15, 0.2) is 0 Å². The Labute approximate surface area is 143 Å². The van der Waals surface area contributed by atoms with E-state index < -0.39 is 0 Å². The maximum Gasteiger partial charge on any atom is 0.257 e. The van der Waals surface area contributed by atoms with Gasteiger partial charge in [0.2, 0.25) is 0 Å². The summed E-state index contributed by atoms with van der Waals surface area (Å²) < 4.78 is 0.549. The number of halogens is 1. The molecule has 0 aliphatic carbocycles. The molecule has 1 aromatic carbocycles. The number of rotatable bonds is 2. The third-order valence-electron chi connectivity index (χ3n) is 3.98. The minimum atomic E-state index is -0.132. The Hall–Kier alpha value is -2.08. The summed E-state index contributed by atoms with van der Waals surface area (Å²) in [6.07, 6.45) is 1.77. The average molecular weight is 376 g/mol. The van der Waals surface area contributed by atoms with Crippen LogP contribution in [0.25, 0.3) is 0 Å². The number of piperazine rings is 1. The van der Waals surface area contributed by atoms with Gasteiger partial charge in [0.25, 0.3) is 5.91 Å². The van der Waals surface area contributed by atoms with Gasteiger partial charge in [-0.3, -0.25) is 4.79 Å². The number of hydrogen-bond acceptors (Lipinski definition) is 4. The number of aromatic hydroxyl groups is 1. The van der Waals surface area contributed by atoms with Crippen molar-refractivity contribution in [3.05, 3.63) is 52.1 Å². The monoisotopic (exact) mass is 375 g/mol. The number of aryl methyl sites for hydroxylation is 1. The molecule has 1 N–H and O–H groups in total. The number of carbonyl (C=O) groups is 1. The molecular formula is C17H18BrN3O2. The van der Waals surface area contributed by atoms with E-state index in [1.165, 1.54) is 0 Å². The van der Waals surface area contributed by atoms with Gasteiger partial charge in [-0.05, 0) is 52.7 Å². The van der Waals surface area contributed by atoms with Crippen LogP contribution >= 0.6 is 15.9 Å². The third kappa shape index (κ3) is 3.32.